The first-order valence-electron chi connectivity index (χ1n) is 5.88. The van der Waals surface area contributed by atoms with Crippen molar-refractivity contribution in [2.45, 2.75) is 46.1 Å². The van der Waals surface area contributed by atoms with Gasteiger partial charge in [0.2, 0.25) is 0 Å². The fourth-order valence-electron chi connectivity index (χ4n) is 2.93. The third-order valence-electron chi connectivity index (χ3n) is 3.39. The zero-order valence-electron chi connectivity index (χ0n) is 9.90. The van der Waals surface area contributed by atoms with E-state index in [1.165, 1.54) is 19.3 Å². The molecule has 3 nitrogen and oxygen atoms in total. The Morgan fingerprint density at radius 2 is 1.87 bits per heavy atom. The van der Waals surface area contributed by atoms with Gasteiger partial charge in [-0.25, -0.2) is 4.68 Å². The van der Waals surface area contributed by atoms with Crippen molar-refractivity contribution in [3.8, 4) is 0 Å². The quantitative estimate of drug-likeness (QED) is 0.769. The minimum Gasteiger partial charge on any atom is -0.384 e. The molecule has 0 saturated heterocycles. The molecule has 0 radical (unpaired) electrons. The maximum Gasteiger partial charge on any atom is 0.122 e. The van der Waals surface area contributed by atoms with Crippen molar-refractivity contribution in [1.29, 1.82) is 0 Å². The molecule has 3 heteroatoms. The smallest absolute Gasteiger partial charge is 0.122 e. The minimum absolute atomic E-state index is 0.512. The number of aromatic nitrogens is 2. The number of nitrogen functional groups attached to an aromatic ring is 1. The summed E-state index contributed by atoms with van der Waals surface area (Å²) in [6.07, 6.45) is 3.78. The molecule has 0 spiro atoms. The summed E-state index contributed by atoms with van der Waals surface area (Å²) in [6.45, 7) is 6.66. The van der Waals surface area contributed by atoms with E-state index < -0.39 is 0 Å². The van der Waals surface area contributed by atoms with Crippen LogP contribution in [0, 0.1) is 18.8 Å². The molecule has 2 unspecified atom stereocenters. The predicted molar refractivity (Wildman–Crippen MR) is 62.6 cm³/mol. The molecule has 0 bridgehead atoms. The molecule has 15 heavy (non-hydrogen) atoms. The highest BCUT2D eigenvalue weighted by atomic mass is 15.3. The molecule has 2 rings (SSSR count). The van der Waals surface area contributed by atoms with Gasteiger partial charge in [-0.15, -0.1) is 0 Å². The van der Waals surface area contributed by atoms with E-state index in [-0.39, 0.29) is 0 Å². The van der Waals surface area contributed by atoms with Crippen LogP contribution in [0.2, 0.25) is 0 Å². The van der Waals surface area contributed by atoms with Crippen molar-refractivity contribution in [2.24, 2.45) is 11.8 Å². The van der Waals surface area contributed by atoms with E-state index in [0.717, 1.165) is 23.3 Å². The summed E-state index contributed by atoms with van der Waals surface area (Å²) in [5, 5.41) is 4.49. The normalized spacial score (nSPS) is 31.8. The topological polar surface area (TPSA) is 43.8 Å². The summed E-state index contributed by atoms with van der Waals surface area (Å²) in [4.78, 5) is 0. The molecule has 0 aromatic carbocycles. The Kier molecular flexibility index (Phi) is 2.72. The average molecular weight is 207 g/mol. The molecule has 1 fully saturated rings. The number of aryl methyl sites for hydroxylation is 1. The van der Waals surface area contributed by atoms with Crippen molar-refractivity contribution < 1.29 is 0 Å². The van der Waals surface area contributed by atoms with Gasteiger partial charge >= 0.3 is 0 Å². The highest BCUT2D eigenvalue weighted by molar-refractivity contribution is 5.30. The van der Waals surface area contributed by atoms with Crippen LogP contribution in [0.25, 0.3) is 0 Å². The van der Waals surface area contributed by atoms with Crippen LogP contribution in [0.1, 0.15) is 44.8 Å². The van der Waals surface area contributed by atoms with Gasteiger partial charge in [0, 0.05) is 6.07 Å². The maximum atomic E-state index is 5.96. The van der Waals surface area contributed by atoms with Gasteiger partial charge in [-0.05, 0) is 38.0 Å². The molecule has 1 aliphatic rings. The Labute approximate surface area is 91.7 Å². The van der Waals surface area contributed by atoms with E-state index in [0.29, 0.717) is 6.04 Å². The Hall–Kier alpha value is -0.990. The second-order valence-corrected chi connectivity index (χ2v) is 5.23. The Balaban J connectivity index is 2.19. The summed E-state index contributed by atoms with van der Waals surface area (Å²) < 4.78 is 2.03. The Morgan fingerprint density at radius 3 is 2.33 bits per heavy atom. The first-order valence-corrected chi connectivity index (χ1v) is 5.88. The average Bonchev–Trinajstić information content (AvgIpc) is 2.43. The molecule has 1 aliphatic carbocycles. The minimum atomic E-state index is 0.512. The monoisotopic (exact) mass is 207 g/mol. The second kappa shape index (κ2) is 3.87. The fraction of sp³-hybridized carbons (Fsp3) is 0.750. The van der Waals surface area contributed by atoms with E-state index in [2.05, 4.69) is 18.9 Å². The molecule has 0 amide bonds. The molecule has 1 aromatic rings. The lowest BCUT2D eigenvalue weighted by molar-refractivity contribution is 0.211. The largest absolute Gasteiger partial charge is 0.384 e. The number of nitrogens with two attached hydrogens (primary N) is 1. The zero-order chi connectivity index (χ0) is 11.0. The Bertz CT molecular complexity index is 333. The standard InChI is InChI=1S/C12H21N3/c1-8-4-9(2)6-11(5-8)15-12(13)7-10(3)14-15/h7-9,11H,4-6,13H2,1-3H3. The van der Waals surface area contributed by atoms with Crippen LogP contribution in [0.15, 0.2) is 6.07 Å². The van der Waals surface area contributed by atoms with Gasteiger partial charge in [-0.3, -0.25) is 0 Å². The van der Waals surface area contributed by atoms with Crippen LogP contribution in [0.4, 0.5) is 5.82 Å². The fourth-order valence-corrected chi connectivity index (χ4v) is 2.93. The number of rotatable bonds is 1. The first kappa shape index (κ1) is 10.5. The van der Waals surface area contributed by atoms with Crippen molar-refractivity contribution in [3.05, 3.63) is 11.8 Å². The SMILES string of the molecule is Cc1cc(N)n(C2CC(C)CC(C)C2)n1. The van der Waals surface area contributed by atoms with Gasteiger partial charge in [-0.1, -0.05) is 13.8 Å². The molecule has 1 saturated carbocycles. The van der Waals surface area contributed by atoms with Crippen LogP contribution in [0.3, 0.4) is 0 Å². The summed E-state index contributed by atoms with van der Waals surface area (Å²) in [5.41, 5.74) is 6.99. The highest BCUT2D eigenvalue weighted by Gasteiger charge is 2.26. The van der Waals surface area contributed by atoms with Gasteiger partial charge in [-0.2, -0.15) is 5.10 Å². The molecule has 2 atom stereocenters. The van der Waals surface area contributed by atoms with Gasteiger partial charge in [0.1, 0.15) is 5.82 Å². The summed E-state index contributed by atoms with van der Waals surface area (Å²) in [6, 6.07) is 2.47. The van der Waals surface area contributed by atoms with E-state index in [1.807, 2.05) is 17.7 Å². The molecular formula is C12H21N3. The lowest BCUT2D eigenvalue weighted by Gasteiger charge is -2.32. The van der Waals surface area contributed by atoms with Gasteiger partial charge < -0.3 is 5.73 Å². The van der Waals surface area contributed by atoms with Crippen LogP contribution in [0.5, 0.6) is 0 Å². The maximum absolute atomic E-state index is 5.96. The van der Waals surface area contributed by atoms with E-state index in [9.17, 15) is 0 Å². The van der Waals surface area contributed by atoms with Crippen molar-refractivity contribution in [3.63, 3.8) is 0 Å². The van der Waals surface area contributed by atoms with Gasteiger partial charge in [0.15, 0.2) is 0 Å². The van der Waals surface area contributed by atoms with Crippen molar-refractivity contribution >= 4 is 5.82 Å². The number of anilines is 1. The van der Waals surface area contributed by atoms with Crippen molar-refractivity contribution in [1.82, 2.24) is 9.78 Å². The van der Waals surface area contributed by atoms with Crippen LogP contribution in [-0.2, 0) is 0 Å². The Morgan fingerprint density at radius 1 is 1.27 bits per heavy atom. The van der Waals surface area contributed by atoms with Crippen LogP contribution < -0.4 is 5.73 Å². The molecule has 1 aromatic heterocycles. The number of nitrogens with zero attached hydrogens (tertiary/aromatic N) is 2. The molecule has 84 valence electrons. The van der Waals surface area contributed by atoms with Crippen LogP contribution in [-0.4, -0.2) is 9.78 Å². The molecular weight excluding hydrogens is 186 g/mol. The zero-order valence-corrected chi connectivity index (χ0v) is 9.90. The van der Waals surface area contributed by atoms with E-state index in [1.54, 1.807) is 0 Å². The summed E-state index contributed by atoms with van der Waals surface area (Å²) >= 11 is 0. The number of hydrogen-bond donors (Lipinski definition) is 1. The van der Waals surface area contributed by atoms with Gasteiger partial charge in [0.05, 0.1) is 11.7 Å². The first-order chi connectivity index (χ1) is 7.06. The molecule has 0 aliphatic heterocycles. The lowest BCUT2D eigenvalue weighted by Crippen LogP contribution is -2.24. The third kappa shape index (κ3) is 2.16. The predicted octanol–water partition coefficient (Wildman–Crippen LogP) is 2.77. The van der Waals surface area contributed by atoms with E-state index in [4.69, 9.17) is 5.73 Å². The molecule has 1 heterocycles. The van der Waals surface area contributed by atoms with Gasteiger partial charge in [0.25, 0.3) is 0 Å². The van der Waals surface area contributed by atoms with Crippen molar-refractivity contribution in [2.75, 3.05) is 5.73 Å². The second-order valence-electron chi connectivity index (χ2n) is 5.23. The lowest BCUT2D eigenvalue weighted by atomic mass is 9.80. The summed E-state index contributed by atoms with van der Waals surface area (Å²) in [7, 11) is 0. The summed E-state index contributed by atoms with van der Waals surface area (Å²) in [5.74, 6) is 2.41. The number of hydrogen-bond acceptors (Lipinski definition) is 2. The highest BCUT2D eigenvalue weighted by Crippen LogP contribution is 2.36. The third-order valence-corrected chi connectivity index (χ3v) is 3.39. The molecule has 2 N–H and O–H groups in total. The van der Waals surface area contributed by atoms with E-state index >= 15 is 0 Å². The van der Waals surface area contributed by atoms with Crippen LogP contribution >= 0.6 is 0 Å².